The zero-order valence-corrected chi connectivity index (χ0v) is 13.1. The minimum absolute atomic E-state index is 0.190. The van der Waals surface area contributed by atoms with Crippen molar-refractivity contribution in [3.05, 3.63) is 63.9 Å². The molecule has 0 spiro atoms. The Balaban J connectivity index is 2.17. The molecule has 1 N–H and O–H groups in total. The molecule has 1 heterocycles. The highest BCUT2D eigenvalue weighted by Gasteiger charge is 2.16. The van der Waals surface area contributed by atoms with E-state index >= 15 is 0 Å². The lowest BCUT2D eigenvalue weighted by molar-refractivity contribution is 0.456. The van der Waals surface area contributed by atoms with Gasteiger partial charge in [-0.15, -0.1) is 0 Å². The fourth-order valence-corrected chi connectivity index (χ4v) is 2.78. The molecule has 0 aliphatic rings. The van der Waals surface area contributed by atoms with E-state index in [1.165, 1.54) is 0 Å². The monoisotopic (exact) mass is 308 g/mol. The zero-order chi connectivity index (χ0) is 14.5. The summed E-state index contributed by atoms with van der Waals surface area (Å²) in [4.78, 5) is 4.16. The van der Waals surface area contributed by atoms with Gasteiger partial charge in [0, 0.05) is 34.5 Å². The van der Waals surface area contributed by atoms with Crippen molar-refractivity contribution >= 4 is 23.2 Å². The molecule has 0 aliphatic carbocycles. The van der Waals surface area contributed by atoms with Gasteiger partial charge in [-0.1, -0.05) is 42.3 Å². The molecule has 0 radical (unpaired) electrons. The van der Waals surface area contributed by atoms with Gasteiger partial charge in [0.25, 0.3) is 0 Å². The second kappa shape index (κ2) is 7.07. The number of pyridine rings is 1. The van der Waals surface area contributed by atoms with Crippen LogP contribution in [0.25, 0.3) is 0 Å². The Kier molecular flexibility index (Phi) is 5.41. The van der Waals surface area contributed by atoms with Crippen LogP contribution in [0.3, 0.4) is 0 Å². The predicted octanol–water partition coefficient (Wildman–Crippen LogP) is 5.19. The Bertz CT molecular complexity index is 558. The van der Waals surface area contributed by atoms with E-state index in [4.69, 9.17) is 23.2 Å². The third kappa shape index (κ3) is 3.72. The number of nitrogens with one attached hydrogen (secondary N) is 1. The quantitative estimate of drug-likeness (QED) is 0.822. The fourth-order valence-electron chi connectivity index (χ4n) is 2.24. The molecule has 0 fully saturated rings. The summed E-state index contributed by atoms with van der Waals surface area (Å²) in [7, 11) is 0. The summed E-state index contributed by atoms with van der Waals surface area (Å²) in [6, 6.07) is 10.1. The summed E-state index contributed by atoms with van der Waals surface area (Å²) < 4.78 is 0. The van der Waals surface area contributed by atoms with Gasteiger partial charge in [-0.2, -0.15) is 0 Å². The number of rotatable bonds is 5. The van der Waals surface area contributed by atoms with Gasteiger partial charge in [-0.05, 0) is 42.7 Å². The van der Waals surface area contributed by atoms with E-state index < -0.39 is 0 Å². The number of hydrogen-bond acceptors (Lipinski definition) is 2. The Labute approximate surface area is 130 Å². The van der Waals surface area contributed by atoms with E-state index in [0.29, 0.717) is 10.0 Å². The number of halogens is 2. The summed E-state index contributed by atoms with van der Waals surface area (Å²) in [6.07, 6.45) is 4.61. The highest BCUT2D eigenvalue weighted by Crippen LogP contribution is 2.29. The average Bonchev–Trinajstić information content (AvgIpc) is 2.46. The molecule has 0 saturated heterocycles. The van der Waals surface area contributed by atoms with Gasteiger partial charge in [-0.25, -0.2) is 0 Å². The molecule has 2 aromatic rings. The van der Waals surface area contributed by atoms with Crippen LogP contribution < -0.4 is 5.32 Å². The van der Waals surface area contributed by atoms with Crippen molar-refractivity contribution in [1.29, 1.82) is 0 Å². The Morgan fingerprint density at radius 3 is 2.65 bits per heavy atom. The first-order valence-corrected chi connectivity index (χ1v) is 7.48. The Morgan fingerprint density at radius 2 is 2.05 bits per heavy atom. The molecule has 0 saturated carbocycles. The molecule has 0 bridgehead atoms. The first kappa shape index (κ1) is 15.3. The van der Waals surface area contributed by atoms with Crippen LogP contribution in [0.5, 0.6) is 0 Å². The lowest BCUT2D eigenvalue weighted by Crippen LogP contribution is -2.24. The molecule has 106 valence electrons. The van der Waals surface area contributed by atoms with E-state index in [9.17, 15) is 0 Å². The number of aromatic nitrogens is 1. The second-order valence-electron chi connectivity index (χ2n) is 4.80. The normalized spacial score (nSPS) is 14.0. The number of nitrogens with zero attached hydrogens (tertiary/aromatic N) is 1. The van der Waals surface area contributed by atoms with Gasteiger partial charge in [0.05, 0.1) is 0 Å². The smallest absolute Gasteiger partial charge is 0.0468 e. The third-order valence-electron chi connectivity index (χ3n) is 3.38. The molecule has 2 rings (SSSR count). The van der Waals surface area contributed by atoms with E-state index in [1.807, 2.05) is 24.4 Å². The van der Waals surface area contributed by atoms with Crippen LogP contribution in [0.4, 0.5) is 0 Å². The summed E-state index contributed by atoms with van der Waals surface area (Å²) in [5.41, 5.74) is 2.24. The van der Waals surface area contributed by atoms with Crippen molar-refractivity contribution in [1.82, 2.24) is 10.3 Å². The van der Waals surface area contributed by atoms with Crippen molar-refractivity contribution in [3.8, 4) is 0 Å². The van der Waals surface area contributed by atoms with Crippen molar-refractivity contribution in [2.45, 2.75) is 32.4 Å². The predicted molar refractivity (Wildman–Crippen MR) is 85.3 cm³/mol. The summed E-state index contributed by atoms with van der Waals surface area (Å²) >= 11 is 12.2. The van der Waals surface area contributed by atoms with Crippen molar-refractivity contribution in [2.24, 2.45) is 0 Å². The highest BCUT2D eigenvalue weighted by atomic mass is 35.5. The third-order valence-corrected chi connectivity index (χ3v) is 3.94. The van der Waals surface area contributed by atoms with Gasteiger partial charge in [0.2, 0.25) is 0 Å². The standard InChI is InChI=1S/C16H18Cl2N2/c1-3-16(14-7-6-13(17)9-15(14)18)20-11(2)12-5-4-8-19-10-12/h4-11,16,20H,3H2,1-2H3. The molecule has 4 heteroatoms. The van der Waals surface area contributed by atoms with Gasteiger partial charge in [-0.3, -0.25) is 4.98 Å². The lowest BCUT2D eigenvalue weighted by atomic mass is 10.0. The number of benzene rings is 1. The van der Waals surface area contributed by atoms with Crippen LogP contribution in [-0.2, 0) is 0 Å². The van der Waals surface area contributed by atoms with Crippen molar-refractivity contribution < 1.29 is 0 Å². The largest absolute Gasteiger partial charge is 0.303 e. The Morgan fingerprint density at radius 1 is 1.25 bits per heavy atom. The molecule has 0 aliphatic heterocycles. The SMILES string of the molecule is CCC(NC(C)c1cccnc1)c1ccc(Cl)cc1Cl. The van der Waals surface area contributed by atoms with E-state index in [1.54, 1.807) is 12.3 Å². The van der Waals surface area contributed by atoms with Crippen LogP contribution >= 0.6 is 23.2 Å². The maximum Gasteiger partial charge on any atom is 0.0468 e. The molecular weight excluding hydrogens is 291 g/mol. The molecule has 2 unspecified atom stereocenters. The molecular formula is C16H18Cl2N2. The van der Waals surface area contributed by atoms with Crippen LogP contribution in [0, 0.1) is 0 Å². The average molecular weight is 309 g/mol. The van der Waals surface area contributed by atoms with Crippen molar-refractivity contribution in [2.75, 3.05) is 0 Å². The second-order valence-corrected chi connectivity index (χ2v) is 5.65. The van der Waals surface area contributed by atoms with Crippen LogP contribution in [-0.4, -0.2) is 4.98 Å². The highest BCUT2D eigenvalue weighted by molar-refractivity contribution is 6.35. The minimum atomic E-state index is 0.190. The molecule has 2 atom stereocenters. The maximum absolute atomic E-state index is 6.30. The lowest BCUT2D eigenvalue weighted by Gasteiger charge is -2.23. The van der Waals surface area contributed by atoms with Crippen LogP contribution in [0.1, 0.15) is 43.5 Å². The topological polar surface area (TPSA) is 24.9 Å². The van der Waals surface area contributed by atoms with Crippen LogP contribution in [0.2, 0.25) is 10.0 Å². The van der Waals surface area contributed by atoms with Crippen molar-refractivity contribution in [3.63, 3.8) is 0 Å². The molecule has 1 aromatic carbocycles. The fraction of sp³-hybridized carbons (Fsp3) is 0.312. The molecule has 20 heavy (non-hydrogen) atoms. The zero-order valence-electron chi connectivity index (χ0n) is 11.6. The summed E-state index contributed by atoms with van der Waals surface area (Å²) in [6.45, 7) is 4.27. The molecule has 1 aromatic heterocycles. The van der Waals surface area contributed by atoms with Gasteiger partial charge < -0.3 is 5.32 Å². The molecule has 0 amide bonds. The summed E-state index contributed by atoms with van der Waals surface area (Å²) in [5.74, 6) is 0. The minimum Gasteiger partial charge on any atom is -0.303 e. The van der Waals surface area contributed by atoms with E-state index in [2.05, 4.69) is 30.2 Å². The van der Waals surface area contributed by atoms with Gasteiger partial charge in [0.15, 0.2) is 0 Å². The van der Waals surface area contributed by atoms with E-state index in [-0.39, 0.29) is 12.1 Å². The first-order chi connectivity index (χ1) is 9.61. The van der Waals surface area contributed by atoms with E-state index in [0.717, 1.165) is 17.5 Å². The Hall–Kier alpha value is -1.09. The van der Waals surface area contributed by atoms with Gasteiger partial charge >= 0.3 is 0 Å². The molecule has 2 nitrogen and oxygen atoms in total. The van der Waals surface area contributed by atoms with Gasteiger partial charge in [0.1, 0.15) is 0 Å². The first-order valence-electron chi connectivity index (χ1n) is 6.72. The maximum atomic E-state index is 6.30. The van der Waals surface area contributed by atoms with Crippen LogP contribution in [0.15, 0.2) is 42.7 Å². The number of hydrogen-bond donors (Lipinski definition) is 1. The summed E-state index contributed by atoms with van der Waals surface area (Å²) in [5, 5.41) is 4.96.